The number of hydrogen-bond acceptors (Lipinski definition) is 6. The first-order valence-electron chi connectivity index (χ1n) is 9.14. The fourth-order valence-corrected chi connectivity index (χ4v) is 3.71. The molecular weight excluding hydrogens is 394 g/mol. The average Bonchev–Trinajstić information content (AvgIpc) is 3.03. The fourth-order valence-electron chi connectivity index (χ4n) is 3.71. The first-order chi connectivity index (χ1) is 13.4. The van der Waals surface area contributed by atoms with Crippen LogP contribution in [0.4, 0.5) is 0 Å². The molecule has 154 valence electrons. The van der Waals surface area contributed by atoms with Crippen LogP contribution < -0.4 is 16.5 Å². The molecule has 0 spiro atoms. The lowest BCUT2D eigenvalue weighted by Gasteiger charge is -2.11. The predicted octanol–water partition coefficient (Wildman–Crippen LogP) is 1.33. The Labute approximate surface area is 172 Å². The Morgan fingerprint density at radius 1 is 1.10 bits per heavy atom. The van der Waals surface area contributed by atoms with E-state index in [-0.39, 0.29) is 40.1 Å². The second kappa shape index (κ2) is 7.90. The van der Waals surface area contributed by atoms with E-state index in [9.17, 15) is 15.0 Å². The third-order valence-corrected chi connectivity index (χ3v) is 5.00. The van der Waals surface area contributed by atoms with Crippen LogP contribution >= 0.6 is 12.4 Å². The summed E-state index contributed by atoms with van der Waals surface area (Å²) in [4.78, 5) is 19.2. The number of fused-ring (bicyclic) bond motifs is 2. The molecule has 0 aliphatic heterocycles. The number of nitrogens with two attached hydrogens (primary N) is 1. The summed E-state index contributed by atoms with van der Waals surface area (Å²) in [6, 6.07) is 6.37. The second-order valence-corrected chi connectivity index (χ2v) is 7.15. The summed E-state index contributed by atoms with van der Waals surface area (Å²) in [5, 5.41) is 26.9. The SMILES string of the molecule is CN(C)CCn1[nH]c2c3c(=O)ccc(O)c3c(O)c3c(=NCCN)ccc1c32.Cl. The molecule has 1 aromatic heterocycles. The lowest BCUT2D eigenvalue weighted by atomic mass is 9.99. The van der Waals surface area contributed by atoms with Crippen LogP contribution in [0.5, 0.6) is 11.5 Å². The highest BCUT2D eigenvalue weighted by molar-refractivity contribution is 6.23. The van der Waals surface area contributed by atoms with E-state index in [0.717, 1.165) is 17.4 Å². The van der Waals surface area contributed by atoms with Gasteiger partial charge in [-0.3, -0.25) is 19.6 Å². The van der Waals surface area contributed by atoms with Gasteiger partial charge >= 0.3 is 0 Å². The van der Waals surface area contributed by atoms with Crippen LogP contribution in [0.15, 0.2) is 34.1 Å². The Bertz CT molecular complexity index is 1310. The predicted molar refractivity (Wildman–Crippen MR) is 117 cm³/mol. The van der Waals surface area contributed by atoms with E-state index in [1.807, 2.05) is 30.9 Å². The molecule has 9 heteroatoms. The number of nitrogens with one attached hydrogen (secondary N) is 1. The van der Waals surface area contributed by atoms with Crippen molar-refractivity contribution in [2.75, 3.05) is 33.7 Å². The lowest BCUT2D eigenvalue weighted by molar-refractivity contribution is 0.377. The van der Waals surface area contributed by atoms with Crippen LogP contribution in [0.2, 0.25) is 0 Å². The van der Waals surface area contributed by atoms with Gasteiger partial charge in [0.1, 0.15) is 11.5 Å². The maximum atomic E-state index is 12.6. The molecule has 0 atom stereocenters. The minimum atomic E-state index is -0.266. The Kier molecular flexibility index (Phi) is 5.70. The van der Waals surface area contributed by atoms with Gasteiger partial charge in [0.15, 0.2) is 5.43 Å². The zero-order valence-electron chi connectivity index (χ0n) is 16.3. The molecule has 0 radical (unpaired) electrons. The molecule has 29 heavy (non-hydrogen) atoms. The maximum absolute atomic E-state index is 12.6. The van der Waals surface area contributed by atoms with E-state index < -0.39 is 0 Å². The van der Waals surface area contributed by atoms with Crippen molar-refractivity contribution in [3.8, 4) is 11.5 Å². The summed E-state index contributed by atoms with van der Waals surface area (Å²) >= 11 is 0. The molecule has 1 heterocycles. The van der Waals surface area contributed by atoms with Crippen LogP contribution in [-0.2, 0) is 6.54 Å². The van der Waals surface area contributed by atoms with Gasteiger partial charge < -0.3 is 20.8 Å². The number of phenols is 2. The standard InChI is InChI=1S/C20H23N5O3.ClH/c1-24(2)9-10-25-12-4-3-11(22-8-7-21)15-16(12)19(23-25)17-13(26)5-6-14(27)18(17)20(15)28;/h3-6,23,27-28H,7-10,21H2,1-2H3;1H. The number of aromatic hydroxyl groups is 2. The number of phenolic OH excluding ortho intramolecular Hbond substituents is 2. The fraction of sp³-hybridized carbons (Fsp3) is 0.300. The summed E-state index contributed by atoms with van der Waals surface area (Å²) in [5.41, 5.74) is 6.77. The quantitative estimate of drug-likeness (QED) is 0.365. The monoisotopic (exact) mass is 417 g/mol. The smallest absolute Gasteiger partial charge is 0.189 e. The van der Waals surface area contributed by atoms with Gasteiger partial charge in [-0.1, -0.05) is 0 Å². The number of halogens is 1. The Balaban J connectivity index is 0.00000240. The van der Waals surface area contributed by atoms with E-state index in [1.54, 1.807) is 0 Å². The van der Waals surface area contributed by atoms with Gasteiger partial charge in [0.25, 0.3) is 0 Å². The normalized spacial score (nSPS) is 12.5. The van der Waals surface area contributed by atoms with Gasteiger partial charge in [0.2, 0.25) is 0 Å². The third kappa shape index (κ3) is 3.29. The number of nitrogens with zero attached hydrogens (tertiary/aromatic N) is 3. The average molecular weight is 418 g/mol. The Hall–Kier alpha value is -2.81. The molecule has 4 aromatic rings. The van der Waals surface area contributed by atoms with Gasteiger partial charge in [0, 0.05) is 18.5 Å². The molecule has 3 aromatic carbocycles. The molecule has 5 N–H and O–H groups in total. The van der Waals surface area contributed by atoms with Gasteiger partial charge in [-0.05, 0) is 38.4 Å². The highest BCUT2D eigenvalue weighted by Gasteiger charge is 2.21. The van der Waals surface area contributed by atoms with Crippen LogP contribution in [0.3, 0.4) is 0 Å². The molecule has 0 saturated heterocycles. The lowest BCUT2D eigenvalue weighted by Crippen LogP contribution is -2.19. The van der Waals surface area contributed by atoms with E-state index in [2.05, 4.69) is 15.0 Å². The van der Waals surface area contributed by atoms with Gasteiger partial charge in [-0.2, -0.15) is 0 Å². The highest BCUT2D eigenvalue weighted by Crippen LogP contribution is 2.41. The van der Waals surface area contributed by atoms with E-state index in [1.165, 1.54) is 12.1 Å². The number of aromatic amines is 1. The third-order valence-electron chi connectivity index (χ3n) is 5.00. The molecule has 8 nitrogen and oxygen atoms in total. The van der Waals surface area contributed by atoms with Crippen LogP contribution in [0.1, 0.15) is 0 Å². The molecule has 0 saturated carbocycles. The van der Waals surface area contributed by atoms with Crippen molar-refractivity contribution in [1.82, 2.24) is 14.7 Å². The summed E-state index contributed by atoms with van der Waals surface area (Å²) in [6.07, 6.45) is 0. The molecule has 0 aliphatic rings. The van der Waals surface area contributed by atoms with Crippen molar-refractivity contribution in [1.29, 1.82) is 0 Å². The van der Waals surface area contributed by atoms with Crippen molar-refractivity contribution in [3.05, 3.63) is 39.8 Å². The molecule has 0 bridgehead atoms. The second-order valence-electron chi connectivity index (χ2n) is 7.15. The van der Waals surface area contributed by atoms with Crippen molar-refractivity contribution in [3.63, 3.8) is 0 Å². The maximum Gasteiger partial charge on any atom is 0.189 e. The van der Waals surface area contributed by atoms with Crippen molar-refractivity contribution >= 4 is 45.0 Å². The van der Waals surface area contributed by atoms with Crippen molar-refractivity contribution in [2.24, 2.45) is 10.7 Å². The number of likely N-dealkylation sites (N-methyl/N-ethyl adjacent to an activating group) is 1. The summed E-state index contributed by atoms with van der Waals surface area (Å²) in [6.45, 7) is 2.26. The van der Waals surface area contributed by atoms with E-state index in [0.29, 0.717) is 35.9 Å². The molecule has 0 aliphatic carbocycles. The van der Waals surface area contributed by atoms with Crippen LogP contribution in [-0.4, -0.2) is 58.6 Å². The van der Waals surface area contributed by atoms with Crippen molar-refractivity contribution < 1.29 is 10.2 Å². The molecular formula is C20H24ClN5O3. The molecule has 0 unspecified atom stereocenters. The number of aromatic nitrogens is 2. The first-order valence-corrected chi connectivity index (χ1v) is 9.14. The minimum absolute atomic E-state index is 0. The van der Waals surface area contributed by atoms with Crippen LogP contribution in [0.25, 0.3) is 32.6 Å². The topological polar surface area (TPSA) is 120 Å². The van der Waals surface area contributed by atoms with Crippen molar-refractivity contribution in [2.45, 2.75) is 6.54 Å². The molecule has 0 fully saturated rings. The molecule has 4 rings (SSSR count). The number of hydrogen-bond donors (Lipinski definition) is 4. The zero-order valence-corrected chi connectivity index (χ0v) is 17.1. The van der Waals surface area contributed by atoms with E-state index in [4.69, 9.17) is 5.73 Å². The number of benzene rings is 3. The Morgan fingerprint density at radius 3 is 2.55 bits per heavy atom. The van der Waals surface area contributed by atoms with E-state index >= 15 is 0 Å². The summed E-state index contributed by atoms with van der Waals surface area (Å²) < 4.78 is 1.95. The Morgan fingerprint density at radius 2 is 1.86 bits per heavy atom. The van der Waals surface area contributed by atoms with Gasteiger partial charge in [-0.25, -0.2) is 0 Å². The van der Waals surface area contributed by atoms with Gasteiger partial charge in [0.05, 0.1) is 45.6 Å². The molecule has 0 amide bonds. The zero-order chi connectivity index (χ0) is 20.0. The summed E-state index contributed by atoms with van der Waals surface area (Å²) in [7, 11) is 3.98. The number of H-pyrrole nitrogens is 1. The number of rotatable bonds is 5. The largest absolute Gasteiger partial charge is 0.507 e. The minimum Gasteiger partial charge on any atom is -0.507 e. The highest BCUT2D eigenvalue weighted by atomic mass is 35.5. The van der Waals surface area contributed by atoms with Gasteiger partial charge in [-0.15, -0.1) is 12.4 Å². The first kappa shape index (κ1) is 20.9. The summed E-state index contributed by atoms with van der Waals surface area (Å²) in [5.74, 6) is -0.285. The van der Waals surface area contributed by atoms with Crippen LogP contribution in [0, 0.1) is 0 Å².